The van der Waals surface area contributed by atoms with Gasteiger partial charge in [-0.3, -0.25) is 9.36 Å². The topological polar surface area (TPSA) is 62.6 Å². The van der Waals surface area contributed by atoms with Gasteiger partial charge in [-0.2, -0.15) is 0 Å². The predicted octanol–water partition coefficient (Wildman–Crippen LogP) is 3.15. The molecule has 0 saturated heterocycles. The fraction of sp³-hybridized carbons (Fsp3) is 0.333. The van der Waals surface area contributed by atoms with Crippen LogP contribution in [0.2, 0.25) is 0 Å². The van der Waals surface area contributed by atoms with Gasteiger partial charge in [-0.15, -0.1) is 0 Å². The molecule has 27 heavy (non-hydrogen) atoms. The Morgan fingerprint density at radius 2 is 2.07 bits per heavy atom. The molecule has 1 heterocycles. The Balaban J connectivity index is 1.50. The van der Waals surface area contributed by atoms with Crippen molar-refractivity contribution in [3.63, 3.8) is 0 Å². The Bertz CT molecular complexity index is 961. The third-order valence-electron chi connectivity index (χ3n) is 5.07. The van der Waals surface area contributed by atoms with Crippen LogP contribution >= 0.6 is 0 Å². The van der Waals surface area contributed by atoms with Crippen LogP contribution in [0.15, 0.2) is 59.2 Å². The minimum atomic E-state index is -0.300. The third kappa shape index (κ3) is 3.47. The lowest BCUT2D eigenvalue weighted by atomic mass is 10.0. The van der Waals surface area contributed by atoms with E-state index in [0.29, 0.717) is 35.6 Å². The molecule has 1 aromatic carbocycles. The monoisotopic (exact) mass is 366 g/mol. The maximum absolute atomic E-state index is 12.8. The van der Waals surface area contributed by atoms with Gasteiger partial charge < -0.3 is 14.2 Å². The van der Waals surface area contributed by atoms with Crippen molar-refractivity contribution in [2.24, 2.45) is 11.8 Å². The van der Waals surface area contributed by atoms with Crippen LogP contribution in [0.1, 0.15) is 12.8 Å². The second kappa shape index (κ2) is 7.31. The number of ether oxygens (including phenoxy) is 3. The van der Waals surface area contributed by atoms with E-state index >= 15 is 0 Å². The van der Waals surface area contributed by atoms with E-state index in [1.165, 1.54) is 16.6 Å². The molecule has 0 spiro atoms. The summed E-state index contributed by atoms with van der Waals surface area (Å²) in [7, 11) is 3.13. The molecule has 6 heteroatoms. The van der Waals surface area contributed by atoms with Gasteiger partial charge in [0.15, 0.2) is 11.5 Å². The normalized spacial score (nSPS) is 19.9. The number of hydrogen-bond donors (Lipinski definition) is 0. The lowest BCUT2D eigenvalue weighted by Crippen LogP contribution is -2.21. The summed E-state index contributed by atoms with van der Waals surface area (Å²) in [5, 5.41) is 0. The van der Waals surface area contributed by atoms with Gasteiger partial charge in [-0.1, -0.05) is 23.8 Å². The standard InChI is InChI=1S/C21H22N2O4/c1-25-18-7-6-16(13-19(18)26-2)23-10-9-22-20(21(23)24)27-11-8-14-4-3-5-15-12-17(14)15/h3-7,9-10,13,15,17H,8,11-12H2,1-2H3. The Labute approximate surface area is 157 Å². The van der Waals surface area contributed by atoms with Crippen molar-refractivity contribution >= 4 is 0 Å². The zero-order chi connectivity index (χ0) is 18.8. The predicted molar refractivity (Wildman–Crippen MR) is 102 cm³/mol. The van der Waals surface area contributed by atoms with Gasteiger partial charge in [0.05, 0.1) is 26.5 Å². The van der Waals surface area contributed by atoms with Crippen LogP contribution < -0.4 is 19.8 Å². The van der Waals surface area contributed by atoms with E-state index < -0.39 is 0 Å². The zero-order valence-electron chi connectivity index (χ0n) is 15.4. The number of hydrogen-bond acceptors (Lipinski definition) is 5. The highest BCUT2D eigenvalue weighted by atomic mass is 16.5. The molecule has 1 saturated carbocycles. The van der Waals surface area contributed by atoms with E-state index in [1.807, 2.05) is 0 Å². The first-order chi connectivity index (χ1) is 13.2. The number of methoxy groups -OCH3 is 2. The highest BCUT2D eigenvalue weighted by molar-refractivity contribution is 5.49. The van der Waals surface area contributed by atoms with Gasteiger partial charge in [-0.25, -0.2) is 4.98 Å². The van der Waals surface area contributed by atoms with E-state index in [9.17, 15) is 4.79 Å². The average molecular weight is 366 g/mol. The van der Waals surface area contributed by atoms with E-state index in [-0.39, 0.29) is 11.4 Å². The van der Waals surface area contributed by atoms with Gasteiger partial charge in [0.1, 0.15) is 0 Å². The first kappa shape index (κ1) is 17.4. The molecule has 2 unspecified atom stereocenters. The Hall–Kier alpha value is -3.02. The van der Waals surface area contributed by atoms with Crippen LogP contribution in [-0.2, 0) is 0 Å². The molecule has 2 aliphatic carbocycles. The number of benzene rings is 1. The van der Waals surface area contributed by atoms with Crippen LogP contribution in [0, 0.1) is 11.8 Å². The van der Waals surface area contributed by atoms with E-state index in [2.05, 4.69) is 23.2 Å². The van der Waals surface area contributed by atoms with E-state index in [1.54, 1.807) is 44.8 Å². The summed E-state index contributed by atoms with van der Waals surface area (Å²) in [5.41, 5.74) is 1.76. The van der Waals surface area contributed by atoms with Crippen molar-refractivity contribution in [1.29, 1.82) is 0 Å². The molecule has 2 aliphatic rings. The first-order valence-corrected chi connectivity index (χ1v) is 9.01. The zero-order valence-corrected chi connectivity index (χ0v) is 15.4. The molecule has 2 aromatic rings. The summed E-state index contributed by atoms with van der Waals surface area (Å²) in [4.78, 5) is 16.9. The van der Waals surface area contributed by atoms with Crippen molar-refractivity contribution in [1.82, 2.24) is 9.55 Å². The summed E-state index contributed by atoms with van der Waals surface area (Å²) in [6, 6.07) is 5.30. The maximum Gasteiger partial charge on any atom is 0.317 e. The highest BCUT2D eigenvalue weighted by Gasteiger charge is 2.38. The quantitative estimate of drug-likeness (QED) is 0.753. The summed E-state index contributed by atoms with van der Waals surface area (Å²) >= 11 is 0. The summed E-state index contributed by atoms with van der Waals surface area (Å²) in [6.45, 7) is 0.446. The Morgan fingerprint density at radius 3 is 2.89 bits per heavy atom. The van der Waals surface area contributed by atoms with Gasteiger partial charge in [0, 0.05) is 24.9 Å². The molecule has 1 aromatic heterocycles. The van der Waals surface area contributed by atoms with Crippen LogP contribution in [-0.4, -0.2) is 30.4 Å². The Kier molecular flexibility index (Phi) is 4.71. The molecule has 0 radical (unpaired) electrons. The molecule has 6 nitrogen and oxygen atoms in total. The summed E-state index contributed by atoms with van der Waals surface area (Å²) in [5.74, 6) is 2.64. The van der Waals surface area contributed by atoms with Gasteiger partial charge in [0.25, 0.3) is 5.88 Å². The molecule has 0 N–H and O–H groups in total. The molecule has 0 aliphatic heterocycles. The molecule has 0 bridgehead atoms. The van der Waals surface area contributed by atoms with Crippen molar-refractivity contribution in [3.8, 4) is 23.1 Å². The van der Waals surface area contributed by atoms with Crippen molar-refractivity contribution in [3.05, 3.63) is 64.7 Å². The molecular formula is C21H22N2O4. The molecule has 0 amide bonds. The fourth-order valence-electron chi connectivity index (χ4n) is 3.50. The van der Waals surface area contributed by atoms with Gasteiger partial charge >= 0.3 is 5.56 Å². The second-order valence-corrected chi connectivity index (χ2v) is 6.68. The van der Waals surface area contributed by atoms with E-state index in [4.69, 9.17) is 14.2 Å². The summed E-state index contributed by atoms with van der Waals surface area (Å²) < 4.78 is 17.8. The fourth-order valence-corrected chi connectivity index (χ4v) is 3.50. The number of rotatable bonds is 7. The maximum atomic E-state index is 12.8. The minimum Gasteiger partial charge on any atom is -0.493 e. The number of nitrogens with zero attached hydrogens (tertiary/aromatic N) is 2. The van der Waals surface area contributed by atoms with Crippen LogP contribution in [0.3, 0.4) is 0 Å². The van der Waals surface area contributed by atoms with Crippen LogP contribution in [0.5, 0.6) is 17.4 Å². The lowest BCUT2D eigenvalue weighted by molar-refractivity contribution is 0.300. The minimum absolute atomic E-state index is 0.103. The van der Waals surface area contributed by atoms with Crippen molar-refractivity contribution in [2.45, 2.75) is 12.8 Å². The van der Waals surface area contributed by atoms with Crippen LogP contribution in [0.25, 0.3) is 5.69 Å². The molecule has 4 rings (SSSR count). The average Bonchev–Trinajstić information content (AvgIpc) is 3.49. The first-order valence-electron chi connectivity index (χ1n) is 9.01. The second-order valence-electron chi connectivity index (χ2n) is 6.68. The van der Waals surface area contributed by atoms with Gasteiger partial charge in [-0.05, 0) is 30.4 Å². The Morgan fingerprint density at radius 1 is 1.22 bits per heavy atom. The van der Waals surface area contributed by atoms with Crippen molar-refractivity contribution < 1.29 is 14.2 Å². The lowest BCUT2D eigenvalue weighted by Gasteiger charge is -2.12. The van der Waals surface area contributed by atoms with Gasteiger partial charge in [0.2, 0.25) is 0 Å². The number of fused-ring (bicyclic) bond motifs is 1. The molecule has 1 fully saturated rings. The smallest absolute Gasteiger partial charge is 0.317 e. The largest absolute Gasteiger partial charge is 0.493 e. The van der Waals surface area contributed by atoms with E-state index in [0.717, 1.165) is 6.42 Å². The number of allylic oxidation sites excluding steroid dienone is 3. The molecular weight excluding hydrogens is 344 g/mol. The SMILES string of the molecule is COc1ccc(-n2ccnc(OCCC3=CC=CC4CC34)c2=O)cc1OC. The third-order valence-corrected chi connectivity index (χ3v) is 5.07. The summed E-state index contributed by atoms with van der Waals surface area (Å²) in [6.07, 6.45) is 11.8. The highest BCUT2D eigenvalue weighted by Crippen LogP contribution is 2.48. The number of aromatic nitrogens is 2. The molecule has 140 valence electrons. The van der Waals surface area contributed by atoms with Crippen molar-refractivity contribution in [2.75, 3.05) is 20.8 Å². The molecule has 2 atom stereocenters. The van der Waals surface area contributed by atoms with Crippen LogP contribution in [0.4, 0.5) is 0 Å².